The van der Waals surface area contributed by atoms with Gasteiger partial charge in [0.05, 0.1) is 20.4 Å². The van der Waals surface area contributed by atoms with Crippen LogP contribution >= 0.6 is 0 Å². The van der Waals surface area contributed by atoms with Gasteiger partial charge in [0.1, 0.15) is 4.90 Å². The SMILES string of the molecule is Nc1cc(S(=O)(=O)O)ccc1S(=O)(=O)O.Nc1cccc(S(=O)(=O)O)c1.Nc1cccc(S(=O)(=O)O)c1. The van der Waals surface area contributed by atoms with Gasteiger partial charge in [-0.1, -0.05) is 12.1 Å². The van der Waals surface area contributed by atoms with Crippen molar-refractivity contribution in [2.24, 2.45) is 0 Å². The third-order valence-electron chi connectivity index (χ3n) is 3.87. The van der Waals surface area contributed by atoms with Crippen molar-refractivity contribution in [3.63, 3.8) is 0 Å². The molecule has 10 N–H and O–H groups in total. The zero-order chi connectivity index (χ0) is 28.8. The van der Waals surface area contributed by atoms with Gasteiger partial charge >= 0.3 is 0 Å². The van der Waals surface area contributed by atoms with Crippen molar-refractivity contribution in [1.82, 2.24) is 0 Å². The number of hydrogen-bond acceptors (Lipinski definition) is 11. The molecule has 0 saturated carbocycles. The molecule has 0 radical (unpaired) electrons. The van der Waals surface area contributed by atoms with Crippen LogP contribution in [0.25, 0.3) is 0 Å². The minimum absolute atomic E-state index is 0.183. The van der Waals surface area contributed by atoms with Gasteiger partial charge in [-0.2, -0.15) is 33.7 Å². The molecule has 0 aliphatic carbocycles. The molecule has 3 aromatic carbocycles. The summed E-state index contributed by atoms with van der Waals surface area (Å²) in [5.41, 5.74) is 15.9. The van der Waals surface area contributed by atoms with Gasteiger partial charge in [-0.05, 0) is 54.6 Å². The van der Waals surface area contributed by atoms with Crippen molar-refractivity contribution < 1.29 is 51.9 Å². The fourth-order valence-electron chi connectivity index (χ4n) is 2.27. The second-order valence-corrected chi connectivity index (χ2v) is 12.4. The molecule has 0 bridgehead atoms. The van der Waals surface area contributed by atoms with Crippen LogP contribution in [0, 0.1) is 0 Å². The van der Waals surface area contributed by atoms with E-state index >= 15 is 0 Å². The Bertz CT molecular complexity index is 1630. The average molecular weight is 600 g/mol. The van der Waals surface area contributed by atoms with Crippen molar-refractivity contribution in [1.29, 1.82) is 0 Å². The minimum Gasteiger partial charge on any atom is -0.399 e. The van der Waals surface area contributed by atoms with Crippen molar-refractivity contribution in [3.8, 4) is 0 Å². The van der Waals surface area contributed by atoms with E-state index in [1.165, 1.54) is 48.5 Å². The highest BCUT2D eigenvalue weighted by molar-refractivity contribution is 7.86. The van der Waals surface area contributed by atoms with Crippen molar-refractivity contribution in [3.05, 3.63) is 66.7 Å². The molecule has 0 atom stereocenters. The highest BCUT2D eigenvalue weighted by atomic mass is 32.2. The molecule has 15 nitrogen and oxygen atoms in total. The Balaban J connectivity index is 0.000000283. The Morgan fingerprint density at radius 2 is 0.811 bits per heavy atom. The first-order valence-electron chi connectivity index (χ1n) is 9.13. The first-order chi connectivity index (χ1) is 16.6. The molecule has 37 heavy (non-hydrogen) atoms. The smallest absolute Gasteiger partial charge is 0.296 e. The molecule has 0 amide bonds. The lowest BCUT2D eigenvalue weighted by Crippen LogP contribution is -2.05. The summed E-state index contributed by atoms with van der Waals surface area (Å²) >= 11 is 0. The Kier molecular flexibility index (Phi) is 10.1. The molecule has 3 rings (SSSR count). The third-order valence-corrected chi connectivity index (χ3v) is 7.35. The highest BCUT2D eigenvalue weighted by Crippen LogP contribution is 2.21. The lowest BCUT2D eigenvalue weighted by Gasteiger charge is -2.03. The molecular formula is C18H21N3O12S4. The van der Waals surface area contributed by atoms with E-state index in [1.54, 1.807) is 0 Å². The quantitative estimate of drug-likeness (QED) is 0.161. The number of rotatable bonds is 4. The zero-order valence-electron chi connectivity index (χ0n) is 18.3. The molecule has 0 spiro atoms. The van der Waals surface area contributed by atoms with Crippen LogP contribution in [0.4, 0.5) is 17.1 Å². The summed E-state index contributed by atoms with van der Waals surface area (Å²) < 4.78 is 119. The highest BCUT2D eigenvalue weighted by Gasteiger charge is 2.17. The Hall–Kier alpha value is -3.30. The summed E-state index contributed by atoms with van der Waals surface area (Å²) in [5.74, 6) is 0. The van der Waals surface area contributed by atoms with Gasteiger partial charge in [0.15, 0.2) is 0 Å². The van der Waals surface area contributed by atoms with Gasteiger partial charge in [-0.15, -0.1) is 0 Å². The summed E-state index contributed by atoms with van der Waals surface area (Å²) in [5, 5.41) is 0. The van der Waals surface area contributed by atoms with Crippen LogP contribution in [-0.2, 0) is 40.5 Å². The number of anilines is 3. The van der Waals surface area contributed by atoms with Crippen LogP contribution in [0.5, 0.6) is 0 Å². The molecule has 0 fully saturated rings. The Labute approximate surface area is 212 Å². The van der Waals surface area contributed by atoms with Crippen LogP contribution in [0.2, 0.25) is 0 Å². The lowest BCUT2D eigenvalue weighted by atomic mass is 10.3. The van der Waals surface area contributed by atoms with Gasteiger partial charge in [0, 0.05) is 11.4 Å². The van der Waals surface area contributed by atoms with E-state index in [2.05, 4.69) is 0 Å². The molecular weight excluding hydrogens is 578 g/mol. The molecule has 0 aliphatic heterocycles. The average Bonchev–Trinajstić information content (AvgIpc) is 2.72. The van der Waals surface area contributed by atoms with Crippen molar-refractivity contribution >= 4 is 57.5 Å². The van der Waals surface area contributed by atoms with E-state index in [9.17, 15) is 33.7 Å². The fourth-order valence-corrected chi connectivity index (χ4v) is 4.46. The summed E-state index contributed by atoms with van der Waals surface area (Å²) in [6.45, 7) is 0. The second-order valence-electron chi connectivity index (χ2n) is 6.74. The maximum Gasteiger partial charge on any atom is 0.296 e. The predicted molar refractivity (Wildman–Crippen MR) is 132 cm³/mol. The normalized spacial score (nSPS) is 11.9. The van der Waals surface area contributed by atoms with Gasteiger partial charge in [0.2, 0.25) is 0 Å². The lowest BCUT2D eigenvalue weighted by molar-refractivity contribution is 0.479. The second kappa shape index (κ2) is 11.8. The summed E-state index contributed by atoms with van der Waals surface area (Å²) in [7, 11) is -17.2. The van der Waals surface area contributed by atoms with Crippen LogP contribution < -0.4 is 17.2 Å². The predicted octanol–water partition coefficient (Wildman–Crippen LogP) is 0.793. The van der Waals surface area contributed by atoms with E-state index in [0.717, 1.165) is 18.2 Å². The van der Waals surface area contributed by atoms with E-state index in [1.807, 2.05) is 0 Å². The summed E-state index contributed by atoms with van der Waals surface area (Å²) in [6.07, 6.45) is 0. The van der Waals surface area contributed by atoms with Crippen LogP contribution in [0.15, 0.2) is 86.3 Å². The standard InChI is InChI=1S/C6H7NO6S2.2C6H7NO3S/c7-5-3-4(14(8,9)10)1-2-6(5)15(11,12)13;2*7-5-2-1-3-6(4-5)11(8,9)10/h1-3H,7H2,(H,8,9,10)(H,11,12,13);2*1-4H,7H2,(H,8,9,10). The monoisotopic (exact) mass is 599 g/mol. The Morgan fingerprint density at radius 1 is 0.459 bits per heavy atom. The zero-order valence-corrected chi connectivity index (χ0v) is 21.5. The minimum atomic E-state index is -4.50. The third kappa shape index (κ3) is 10.7. The van der Waals surface area contributed by atoms with E-state index in [-0.39, 0.29) is 9.79 Å². The molecule has 19 heteroatoms. The number of hydrogen-bond donors (Lipinski definition) is 7. The summed E-state index contributed by atoms with van der Waals surface area (Å²) in [6, 6.07) is 13.2. The number of nitrogens with two attached hydrogens (primary N) is 3. The van der Waals surface area contributed by atoms with Crippen LogP contribution in [0.1, 0.15) is 0 Å². The fraction of sp³-hybridized carbons (Fsp3) is 0. The van der Waals surface area contributed by atoms with Gasteiger partial charge in [0.25, 0.3) is 40.5 Å². The molecule has 0 saturated heterocycles. The molecule has 0 unspecified atom stereocenters. The number of nitrogen functional groups attached to an aromatic ring is 3. The maximum absolute atomic E-state index is 10.7. The first-order valence-corrected chi connectivity index (χ1v) is 14.9. The molecule has 204 valence electrons. The van der Waals surface area contributed by atoms with Crippen LogP contribution in [-0.4, -0.2) is 51.9 Å². The van der Waals surface area contributed by atoms with Crippen molar-refractivity contribution in [2.75, 3.05) is 17.2 Å². The first kappa shape index (κ1) is 31.7. The topological polar surface area (TPSA) is 296 Å². The van der Waals surface area contributed by atoms with E-state index in [0.29, 0.717) is 11.4 Å². The van der Waals surface area contributed by atoms with Gasteiger partial charge in [-0.3, -0.25) is 18.2 Å². The van der Waals surface area contributed by atoms with Crippen molar-refractivity contribution in [2.45, 2.75) is 19.6 Å². The molecule has 0 aromatic heterocycles. The van der Waals surface area contributed by atoms with Gasteiger partial charge < -0.3 is 17.2 Å². The molecule has 3 aromatic rings. The van der Waals surface area contributed by atoms with E-state index in [4.69, 9.17) is 35.4 Å². The van der Waals surface area contributed by atoms with Crippen LogP contribution in [0.3, 0.4) is 0 Å². The maximum atomic E-state index is 10.7. The summed E-state index contributed by atoms with van der Waals surface area (Å²) in [4.78, 5) is -1.53. The molecule has 0 heterocycles. The molecule has 0 aliphatic rings. The Morgan fingerprint density at radius 3 is 1.05 bits per heavy atom. The van der Waals surface area contributed by atoms with Gasteiger partial charge in [-0.25, -0.2) is 0 Å². The number of benzene rings is 3. The van der Waals surface area contributed by atoms with E-state index < -0.39 is 56.0 Å². The largest absolute Gasteiger partial charge is 0.399 e.